The Kier molecular flexibility index (Phi) is 4.70. The number of carbonyl (C=O) groups is 1. The van der Waals surface area contributed by atoms with Crippen LogP contribution in [0.3, 0.4) is 0 Å². The van der Waals surface area contributed by atoms with E-state index in [4.69, 9.17) is 0 Å². The fourth-order valence-electron chi connectivity index (χ4n) is 3.21. The molecule has 3 aromatic rings. The Morgan fingerprint density at radius 2 is 2.04 bits per heavy atom. The lowest BCUT2D eigenvalue weighted by molar-refractivity contribution is -0.137. The minimum atomic E-state index is -4.42. The first kappa shape index (κ1) is 18.7. The molecule has 1 aromatic carbocycles. The van der Waals surface area contributed by atoms with Gasteiger partial charge in [-0.15, -0.1) is 11.3 Å². The van der Waals surface area contributed by atoms with Crippen LogP contribution in [0.4, 0.5) is 23.4 Å². The number of thiophene rings is 1. The number of hydrogen-bond acceptors (Lipinski definition) is 4. The van der Waals surface area contributed by atoms with Gasteiger partial charge in [-0.1, -0.05) is 0 Å². The largest absolute Gasteiger partial charge is 0.417 e. The number of aromatic nitrogens is 1. The van der Waals surface area contributed by atoms with E-state index in [-0.39, 0.29) is 17.8 Å². The molecule has 1 aliphatic rings. The van der Waals surface area contributed by atoms with Gasteiger partial charge in [-0.2, -0.15) is 13.2 Å². The summed E-state index contributed by atoms with van der Waals surface area (Å²) in [5.41, 5.74) is -0.790. The molecule has 0 bridgehead atoms. The number of nitrogens with one attached hydrogen (secondary N) is 1. The number of pyridine rings is 1. The molecule has 28 heavy (non-hydrogen) atoms. The second-order valence-electron chi connectivity index (χ2n) is 6.60. The average Bonchev–Trinajstić information content (AvgIpc) is 3.27. The van der Waals surface area contributed by atoms with Crippen LogP contribution < -0.4 is 10.2 Å². The van der Waals surface area contributed by atoms with Crippen molar-refractivity contribution in [3.63, 3.8) is 0 Å². The zero-order valence-electron chi connectivity index (χ0n) is 14.5. The fraction of sp³-hybridized carbons (Fsp3) is 0.263. The highest BCUT2D eigenvalue weighted by atomic mass is 32.1. The molecule has 3 heterocycles. The van der Waals surface area contributed by atoms with Crippen LogP contribution in [-0.4, -0.2) is 30.0 Å². The minimum absolute atomic E-state index is 0.140. The summed E-state index contributed by atoms with van der Waals surface area (Å²) < 4.78 is 52.1. The highest BCUT2D eigenvalue weighted by molar-refractivity contribution is 7.20. The van der Waals surface area contributed by atoms with Gasteiger partial charge in [0.1, 0.15) is 11.6 Å². The summed E-state index contributed by atoms with van der Waals surface area (Å²) in [7, 11) is 0. The first-order valence-corrected chi connectivity index (χ1v) is 9.39. The van der Waals surface area contributed by atoms with E-state index in [9.17, 15) is 22.4 Å². The number of anilines is 1. The summed E-state index contributed by atoms with van der Waals surface area (Å²) in [4.78, 5) is 18.7. The molecule has 1 atom stereocenters. The van der Waals surface area contributed by atoms with Gasteiger partial charge >= 0.3 is 6.18 Å². The molecule has 1 amide bonds. The molecular weight excluding hydrogens is 394 g/mol. The molecule has 1 N–H and O–H groups in total. The van der Waals surface area contributed by atoms with Crippen LogP contribution >= 0.6 is 11.3 Å². The Balaban J connectivity index is 1.40. The summed E-state index contributed by atoms with van der Waals surface area (Å²) >= 11 is 1.29. The van der Waals surface area contributed by atoms with E-state index in [1.807, 2.05) is 4.90 Å². The van der Waals surface area contributed by atoms with Crippen LogP contribution in [0.1, 0.15) is 21.7 Å². The maximum absolute atomic E-state index is 13.3. The van der Waals surface area contributed by atoms with Gasteiger partial charge in [-0.25, -0.2) is 9.37 Å². The van der Waals surface area contributed by atoms with Crippen LogP contribution in [0.25, 0.3) is 10.1 Å². The van der Waals surface area contributed by atoms with Gasteiger partial charge in [-0.3, -0.25) is 4.79 Å². The van der Waals surface area contributed by atoms with Crippen LogP contribution in [0, 0.1) is 5.82 Å². The Morgan fingerprint density at radius 3 is 2.75 bits per heavy atom. The smallest absolute Gasteiger partial charge is 0.354 e. The van der Waals surface area contributed by atoms with Crippen molar-refractivity contribution >= 4 is 33.1 Å². The van der Waals surface area contributed by atoms with Crippen LogP contribution in [0.5, 0.6) is 0 Å². The lowest BCUT2D eigenvalue weighted by atomic mass is 10.2. The number of halogens is 4. The summed E-state index contributed by atoms with van der Waals surface area (Å²) in [6.07, 6.45) is -2.94. The first-order valence-electron chi connectivity index (χ1n) is 8.58. The van der Waals surface area contributed by atoms with Gasteiger partial charge < -0.3 is 10.2 Å². The monoisotopic (exact) mass is 409 g/mol. The molecule has 9 heteroatoms. The van der Waals surface area contributed by atoms with E-state index < -0.39 is 11.7 Å². The lowest BCUT2D eigenvalue weighted by Gasteiger charge is -2.18. The van der Waals surface area contributed by atoms with E-state index in [1.54, 1.807) is 12.1 Å². The summed E-state index contributed by atoms with van der Waals surface area (Å²) in [5.74, 6) is -0.149. The molecule has 4 nitrogen and oxygen atoms in total. The molecule has 2 aromatic heterocycles. The number of amides is 1. The van der Waals surface area contributed by atoms with E-state index in [2.05, 4.69) is 10.3 Å². The number of fused-ring (bicyclic) bond motifs is 1. The van der Waals surface area contributed by atoms with Crippen molar-refractivity contribution in [2.24, 2.45) is 0 Å². The standard InChI is InChI=1S/C19H15F4N3OS/c20-13-2-3-15-11(7-13)8-16(28-15)18(27)25-14-5-6-26(10-14)17-4-1-12(9-24-17)19(21,22)23/h1-4,7-9,14H,5-6,10H2,(H,25,27)/t14-/m1/s1. The number of hydrogen-bond donors (Lipinski definition) is 1. The van der Waals surface area contributed by atoms with E-state index in [0.717, 1.165) is 17.0 Å². The van der Waals surface area contributed by atoms with Crippen molar-refractivity contribution in [2.45, 2.75) is 18.6 Å². The first-order chi connectivity index (χ1) is 13.3. The maximum atomic E-state index is 13.3. The Hall–Kier alpha value is -2.68. The maximum Gasteiger partial charge on any atom is 0.417 e. The minimum Gasteiger partial charge on any atom is -0.354 e. The van der Waals surface area contributed by atoms with Crippen molar-refractivity contribution in [1.82, 2.24) is 10.3 Å². The molecule has 1 fully saturated rings. The third-order valence-electron chi connectivity index (χ3n) is 4.62. The van der Waals surface area contributed by atoms with Gasteiger partial charge in [0.15, 0.2) is 0 Å². The third-order valence-corrected chi connectivity index (χ3v) is 5.74. The van der Waals surface area contributed by atoms with E-state index in [0.29, 0.717) is 35.6 Å². The Bertz CT molecular complexity index is 1020. The molecule has 1 saturated heterocycles. The average molecular weight is 409 g/mol. The molecule has 0 saturated carbocycles. The SMILES string of the molecule is O=C(N[C@@H]1CCN(c2ccc(C(F)(F)F)cn2)C1)c1cc2cc(F)ccc2s1. The van der Waals surface area contributed by atoms with Gasteiger partial charge in [0.2, 0.25) is 0 Å². The van der Waals surface area contributed by atoms with Crippen molar-refractivity contribution in [1.29, 1.82) is 0 Å². The second-order valence-corrected chi connectivity index (χ2v) is 7.68. The van der Waals surface area contributed by atoms with Gasteiger partial charge in [0.05, 0.1) is 10.4 Å². The highest BCUT2D eigenvalue weighted by Crippen LogP contribution is 2.30. The van der Waals surface area contributed by atoms with Gasteiger partial charge in [-0.05, 0) is 48.2 Å². The highest BCUT2D eigenvalue weighted by Gasteiger charge is 2.31. The summed E-state index contributed by atoms with van der Waals surface area (Å²) in [5, 5.41) is 3.61. The number of rotatable bonds is 3. The lowest BCUT2D eigenvalue weighted by Crippen LogP contribution is -2.36. The molecular formula is C19H15F4N3OS. The third kappa shape index (κ3) is 3.80. The number of carbonyl (C=O) groups excluding carboxylic acids is 1. The molecule has 0 aliphatic carbocycles. The van der Waals surface area contributed by atoms with Gasteiger partial charge in [0.25, 0.3) is 5.91 Å². The fourth-order valence-corrected chi connectivity index (χ4v) is 4.16. The van der Waals surface area contributed by atoms with E-state index in [1.165, 1.54) is 29.5 Å². The molecule has 0 unspecified atom stereocenters. The number of nitrogens with zero attached hydrogens (tertiary/aromatic N) is 2. The normalized spacial score (nSPS) is 17.3. The predicted molar refractivity (Wildman–Crippen MR) is 99.1 cm³/mol. The predicted octanol–water partition coefficient (Wildman–Crippen LogP) is 4.46. The molecule has 0 radical (unpaired) electrons. The van der Waals surface area contributed by atoms with Crippen molar-refractivity contribution in [3.05, 3.63) is 58.9 Å². The summed E-state index contributed by atoms with van der Waals surface area (Å²) in [6, 6.07) is 8.24. The molecule has 1 aliphatic heterocycles. The zero-order valence-corrected chi connectivity index (χ0v) is 15.3. The second kappa shape index (κ2) is 7.05. The van der Waals surface area contributed by atoms with Crippen molar-refractivity contribution in [2.75, 3.05) is 18.0 Å². The van der Waals surface area contributed by atoms with Crippen LogP contribution in [0.15, 0.2) is 42.6 Å². The Labute approximate surface area is 161 Å². The Morgan fingerprint density at radius 1 is 1.21 bits per heavy atom. The molecule has 0 spiro atoms. The summed E-state index contributed by atoms with van der Waals surface area (Å²) in [6.45, 7) is 1.05. The van der Waals surface area contributed by atoms with Gasteiger partial charge in [0, 0.05) is 30.0 Å². The molecule has 146 valence electrons. The van der Waals surface area contributed by atoms with Crippen molar-refractivity contribution < 1.29 is 22.4 Å². The number of alkyl halides is 3. The van der Waals surface area contributed by atoms with Crippen LogP contribution in [0.2, 0.25) is 0 Å². The topological polar surface area (TPSA) is 45.2 Å². The van der Waals surface area contributed by atoms with Crippen molar-refractivity contribution in [3.8, 4) is 0 Å². The quantitative estimate of drug-likeness (QED) is 0.650. The van der Waals surface area contributed by atoms with E-state index >= 15 is 0 Å². The molecule has 4 rings (SSSR count). The number of benzene rings is 1. The zero-order chi connectivity index (χ0) is 19.9. The van der Waals surface area contributed by atoms with Crippen LogP contribution in [-0.2, 0) is 6.18 Å².